The molecule has 0 heterocycles. The summed E-state index contributed by atoms with van der Waals surface area (Å²) in [7, 11) is 0. The summed E-state index contributed by atoms with van der Waals surface area (Å²) in [5.74, 6) is 0. The number of thiol groups is 1. The summed E-state index contributed by atoms with van der Waals surface area (Å²) >= 11 is 9.52. The third kappa shape index (κ3) is 5.90. The van der Waals surface area contributed by atoms with Crippen LogP contribution in [0.4, 0.5) is 0 Å². The fourth-order valence-electron chi connectivity index (χ4n) is 1.80. The van der Waals surface area contributed by atoms with Gasteiger partial charge in [-0.1, -0.05) is 72.9 Å². The van der Waals surface area contributed by atoms with E-state index in [0.29, 0.717) is 4.32 Å². The van der Waals surface area contributed by atoms with Gasteiger partial charge in [-0.05, 0) is 11.1 Å². The molecule has 2 aromatic rings. The Morgan fingerprint density at radius 3 is 1.53 bits per heavy atom. The number of nitrogens with zero attached hydrogens (tertiary/aromatic N) is 1. The van der Waals surface area contributed by atoms with E-state index in [-0.39, 0.29) is 40.8 Å². The Kier molecular flexibility index (Phi) is 8.14. The molecule has 2 aromatic carbocycles. The van der Waals surface area contributed by atoms with Crippen molar-refractivity contribution >= 4 is 29.2 Å². The van der Waals surface area contributed by atoms with Crippen molar-refractivity contribution in [3.05, 3.63) is 71.8 Å². The fourth-order valence-corrected chi connectivity index (χ4v) is 2.07. The topological polar surface area (TPSA) is 3.24 Å². The van der Waals surface area contributed by atoms with Crippen LogP contribution in [-0.4, -0.2) is 9.22 Å². The summed E-state index contributed by atoms with van der Waals surface area (Å²) in [6.45, 7) is 1.58. The maximum Gasteiger partial charge on any atom is 0.133 e. The third-order valence-corrected chi connectivity index (χ3v) is 3.24. The Balaban J connectivity index is 0.00000180. The van der Waals surface area contributed by atoms with Crippen LogP contribution >= 0.6 is 24.8 Å². The molecule has 0 unspecified atom stereocenters. The zero-order valence-electron chi connectivity index (χ0n) is 10.5. The molecule has 0 aliphatic rings. The van der Waals surface area contributed by atoms with Gasteiger partial charge in [0.05, 0.1) is 0 Å². The van der Waals surface area contributed by atoms with Crippen LogP contribution in [0.5, 0.6) is 0 Å². The molecule has 0 radical (unpaired) electrons. The molecule has 1 nitrogen and oxygen atoms in total. The summed E-state index contributed by atoms with van der Waals surface area (Å²) < 4.78 is 0.628. The van der Waals surface area contributed by atoms with Crippen molar-refractivity contribution < 1.29 is 40.8 Å². The monoisotopic (exact) mass is 415 g/mol. The SMILES string of the molecule is S=C(S)N(Cc1ccccc1)Cc1ccccc1.[Nd]. The van der Waals surface area contributed by atoms with Crippen LogP contribution in [0.15, 0.2) is 60.7 Å². The van der Waals surface area contributed by atoms with Crippen molar-refractivity contribution in [3.63, 3.8) is 0 Å². The van der Waals surface area contributed by atoms with E-state index in [1.165, 1.54) is 11.1 Å². The maximum absolute atomic E-state index is 5.21. The van der Waals surface area contributed by atoms with Crippen molar-refractivity contribution in [1.29, 1.82) is 0 Å². The first kappa shape index (κ1) is 17.1. The summed E-state index contributed by atoms with van der Waals surface area (Å²) in [6, 6.07) is 20.6. The van der Waals surface area contributed by atoms with Crippen LogP contribution in [0.1, 0.15) is 11.1 Å². The van der Waals surface area contributed by atoms with Gasteiger partial charge in [-0.3, -0.25) is 0 Å². The largest absolute Gasteiger partial charge is 0.349 e. The van der Waals surface area contributed by atoms with E-state index < -0.39 is 0 Å². The molecule has 0 atom stereocenters. The molecule has 4 heteroatoms. The molecule has 0 aliphatic carbocycles. The van der Waals surface area contributed by atoms with E-state index in [9.17, 15) is 0 Å². The second-order valence-corrected chi connectivity index (χ2v) is 5.22. The third-order valence-electron chi connectivity index (χ3n) is 2.70. The first-order valence-corrected chi connectivity index (χ1v) is 6.67. The quantitative estimate of drug-likeness (QED) is 0.594. The molecule has 0 bridgehead atoms. The minimum Gasteiger partial charge on any atom is -0.349 e. The van der Waals surface area contributed by atoms with E-state index in [2.05, 4.69) is 41.8 Å². The van der Waals surface area contributed by atoms with Crippen LogP contribution in [-0.2, 0) is 13.1 Å². The predicted octanol–water partition coefficient (Wildman–Crippen LogP) is 3.90. The number of hydrogen-bond donors (Lipinski definition) is 1. The molecule has 0 N–H and O–H groups in total. The van der Waals surface area contributed by atoms with Crippen LogP contribution in [0.2, 0.25) is 0 Å². The van der Waals surface area contributed by atoms with Gasteiger partial charge in [-0.15, -0.1) is 12.6 Å². The summed E-state index contributed by atoms with van der Waals surface area (Å²) in [4.78, 5) is 2.09. The van der Waals surface area contributed by atoms with E-state index in [4.69, 9.17) is 12.2 Å². The molecule has 0 spiro atoms. The van der Waals surface area contributed by atoms with Gasteiger partial charge in [0, 0.05) is 53.9 Å². The maximum atomic E-state index is 5.21. The number of hydrogen-bond acceptors (Lipinski definition) is 1. The van der Waals surface area contributed by atoms with Crippen molar-refractivity contribution in [2.75, 3.05) is 0 Å². The van der Waals surface area contributed by atoms with Crippen LogP contribution in [0.25, 0.3) is 0 Å². The van der Waals surface area contributed by atoms with E-state index >= 15 is 0 Å². The number of thiocarbonyl (C=S) groups is 1. The first-order valence-electron chi connectivity index (χ1n) is 5.81. The molecule has 0 aliphatic heterocycles. The zero-order chi connectivity index (χ0) is 12.8. The molecule has 0 saturated carbocycles. The van der Waals surface area contributed by atoms with E-state index in [1.54, 1.807) is 0 Å². The van der Waals surface area contributed by atoms with Crippen molar-refractivity contribution in [2.24, 2.45) is 0 Å². The van der Waals surface area contributed by atoms with Gasteiger partial charge in [0.15, 0.2) is 0 Å². The molecule has 0 saturated heterocycles. The Morgan fingerprint density at radius 1 is 0.842 bits per heavy atom. The van der Waals surface area contributed by atoms with Gasteiger partial charge in [-0.2, -0.15) is 0 Å². The summed E-state index contributed by atoms with van der Waals surface area (Å²) in [5, 5.41) is 0. The van der Waals surface area contributed by atoms with E-state index in [0.717, 1.165) is 13.1 Å². The van der Waals surface area contributed by atoms with Gasteiger partial charge >= 0.3 is 0 Å². The molecule has 2 rings (SSSR count). The Bertz CT molecular complexity index is 461. The molecular formula is C15H15NNdS2. The number of rotatable bonds is 4. The van der Waals surface area contributed by atoms with Gasteiger partial charge in [0.25, 0.3) is 0 Å². The predicted molar refractivity (Wildman–Crippen MR) is 83.7 cm³/mol. The second-order valence-electron chi connectivity index (χ2n) is 4.11. The molecule has 0 fully saturated rings. The second kappa shape index (κ2) is 9.06. The average Bonchev–Trinajstić information content (AvgIpc) is 2.40. The van der Waals surface area contributed by atoms with Gasteiger partial charge in [0.2, 0.25) is 0 Å². The Morgan fingerprint density at radius 2 is 1.21 bits per heavy atom. The number of benzene rings is 2. The van der Waals surface area contributed by atoms with Crippen LogP contribution in [0, 0.1) is 40.8 Å². The van der Waals surface area contributed by atoms with Crippen molar-refractivity contribution in [2.45, 2.75) is 13.1 Å². The van der Waals surface area contributed by atoms with Crippen molar-refractivity contribution in [1.82, 2.24) is 4.90 Å². The zero-order valence-corrected chi connectivity index (χ0v) is 15.4. The summed E-state index contributed by atoms with van der Waals surface area (Å²) in [5.41, 5.74) is 2.48. The van der Waals surface area contributed by atoms with E-state index in [1.807, 2.05) is 36.4 Å². The van der Waals surface area contributed by atoms with Gasteiger partial charge < -0.3 is 4.90 Å². The van der Waals surface area contributed by atoms with Crippen molar-refractivity contribution in [3.8, 4) is 0 Å². The molecule has 19 heavy (non-hydrogen) atoms. The average molecular weight is 418 g/mol. The minimum absolute atomic E-state index is 0. The normalized spacial score (nSPS) is 9.53. The Hall–Kier alpha value is 0.0306. The van der Waals surface area contributed by atoms with Crippen LogP contribution < -0.4 is 0 Å². The Labute approximate surface area is 158 Å². The standard InChI is InChI=1S/C15H15NS2.Nd/c17-15(18)16(11-13-7-3-1-4-8-13)12-14-9-5-2-6-10-14;/h1-10H,11-12H2,(H,17,18);. The van der Waals surface area contributed by atoms with Crippen LogP contribution in [0.3, 0.4) is 0 Å². The molecule has 96 valence electrons. The van der Waals surface area contributed by atoms with Gasteiger partial charge in [0.1, 0.15) is 4.32 Å². The molecule has 0 amide bonds. The minimum atomic E-state index is 0. The smallest absolute Gasteiger partial charge is 0.133 e. The summed E-state index contributed by atoms with van der Waals surface area (Å²) in [6.07, 6.45) is 0. The first-order chi connectivity index (χ1) is 8.75. The fraction of sp³-hybridized carbons (Fsp3) is 0.133. The molecule has 0 aromatic heterocycles. The molecular weight excluding hydrogens is 403 g/mol. The van der Waals surface area contributed by atoms with Gasteiger partial charge in [-0.25, -0.2) is 0 Å².